The van der Waals surface area contributed by atoms with Crippen LogP contribution in [0.1, 0.15) is 21.5 Å². The fourth-order valence-electron chi connectivity index (χ4n) is 2.19. The van der Waals surface area contributed by atoms with Crippen LogP contribution in [-0.4, -0.2) is 11.7 Å². The van der Waals surface area contributed by atoms with Crippen molar-refractivity contribution in [2.45, 2.75) is 0 Å². The molecule has 0 atom stereocenters. The number of hydrogen-bond acceptors (Lipinski definition) is 3. The first-order valence-electron chi connectivity index (χ1n) is 7.40. The van der Waals surface area contributed by atoms with E-state index in [9.17, 15) is 4.79 Å². The molecule has 0 fully saturated rings. The van der Waals surface area contributed by atoms with Gasteiger partial charge < -0.3 is 4.84 Å². The number of hydrogen-bond donors (Lipinski definition) is 0. The van der Waals surface area contributed by atoms with Crippen molar-refractivity contribution in [1.82, 2.24) is 0 Å². The van der Waals surface area contributed by atoms with Crippen molar-refractivity contribution >= 4 is 23.3 Å². The number of carbonyl (C=O) groups excluding carboxylic acids is 1. The molecule has 0 aliphatic carbocycles. The minimum Gasteiger partial charge on any atom is -0.312 e. The second kappa shape index (κ2) is 7.57. The second-order valence-electron chi connectivity index (χ2n) is 5.06. The summed E-state index contributed by atoms with van der Waals surface area (Å²) >= 11 is 5.82. The molecular formula is C20H14ClNO2. The van der Waals surface area contributed by atoms with Gasteiger partial charge in [-0.05, 0) is 24.3 Å². The lowest BCUT2D eigenvalue weighted by molar-refractivity contribution is 0.0517. The van der Waals surface area contributed by atoms with Gasteiger partial charge in [-0.15, -0.1) is 0 Å². The lowest BCUT2D eigenvalue weighted by Crippen LogP contribution is -2.07. The minimum absolute atomic E-state index is 0.392. The molecule has 0 heterocycles. The molecule has 0 bridgehead atoms. The summed E-state index contributed by atoms with van der Waals surface area (Å²) in [6.45, 7) is 0. The highest BCUT2D eigenvalue weighted by Gasteiger charge is 2.11. The molecule has 0 aliphatic rings. The number of halogens is 1. The third kappa shape index (κ3) is 3.89. The number of nitrogens with zero attached hydrogens (tertiary/aromatic N) is 1. The van der Waals surface area contributed by atoms with E-state index < -0.39 is 5.97 Å². The molecule has 118 valence electrons. The van der Waals surface area contributed by atoms with Gasteiger partial charge in [0.15, 0.2) is 0 Å². The van der Waals surface area contributed by atoms with Gasteiger partial charge in [0.25, 0.3) is 0 Å². The van der Waals surface area contributed by atoms with Crippen LogP contribution in [0.5, 0.6) is 0 Å². The molecule has 0 aliphatic heterocycles. The fourth-order valence-corrected chi connectivity index (χ4v) is 2.32. The van der Waals surface area contributed by atoms with Crippen LogP contribution in [0.4, 0.5) is 0 Å². The second-order valence-corrected chi connectivity index (χ2v) is 5.49. The summed E-state index contributed by atoms with van der Waals surface area (Å²) in [5.74, 6) is -0.531. The Morgan fingerprint density at radius 1 is 0.708 bits per heavy atom. The van der Waals surface area contributed by atoms with Gasteiger partial charge in [0.05, 0.1) is 5.56 Å². The van der Waals surface area contributed by atoms with E-state index in [4.69, 9.17) is 16.4 Å². The van der Waals surface area contributed by atoms with E-state index in [1.165, 1.54) is 0 Å². The first-order valence-corrected chi connectivity index (χ1v) is 7.77. The summed E-state index contributed by atoms with van der Waals surface area (Å²) in [5.41, 5.74) is 2.72. The summed E-state index contributed by atoms with van der Waals surface area (Å²) in [5, 5.41) is 4.66. The Balaban J connectivity index is 1.90. The molecule has 3 aromatic carbocycles. The van der Waals surface area contributed by atoms with Crippen LogP contribution < -0.4 is 0 Å². The molecule has 24 heavy (non-hydrogen) atoms. The van der Waals surface area contributed by atoms with Crippen molar-refractivity contribution in [2.24, 2.45) is 5.16 Å². The topological polar surface area (TPSA) is 38.7 Å². The van der Waals surface area contributed by atoms with E-state index >= 15 is 0 Å². The van der Waals surface area contributed by atoms with Crippen LogP contribution in [-0.2, 0) is 4.84 Å². The highest BCUT2D eigenvalue weighted by atomic mass is 35.5. The number of rotatable bonds is 4. The fraction of sp³-hybridized carbons (Fsp3) is 0. The molecule has 0 aromatic heterocycles. The normalized spacial score (nSPS) is 10.0. The van der Waals surface area contributed by atoms with Crippen molar-refractivity contribution in [2.75, 3.05) is 0 Å². The van der Waals surface area contributed by atoms with Gasteiger partial charge in [0, 0.05) is 16.1 Å². The number of carbonyl (C=O) groups is 1. The molecule has 3 aromatic rings. The Hall–Kier alpha value is -2.91. The molecule has 3 rings (SSSR count). The van der Waals surface area contributed by atoms with Gasteiger partial charge in [-0.1, -0.05) is 77.4 Å². The summed E-state index contributed by atoms with van der Waals surface area (Å²) in [7, 11) is 0. The molecule has 0 spiro atoms. The van der Waals surface area contributed by atoms with E-state index in [0.717, 1.165) is 11.1 Å². The van der Waals surface area contributed by atoms with Gasteiger partial charge in [0.2, 0.25) is 0 Å². The zero-order valence-corrected chi connectivity index (χ0v) is 13.5. The van der Waals surface area contributed by atoms with Crippen LogP contribution in [0.25, 0.3) is 0 Å². The van der Waals surface area contributed by atoms with Gasteiger partial charge in [-0.2, -0.15) is 0 Å². The van der Waals surface area contributed by atoms with Gasteiger partial charge >= 0.3 is 5.97 Å². The summed E-state index contributed by atoms with van der Waals surface area (Å²) in [4.78, 5) is 17.3. The maximum absolute atomic E-state index is 12.2. The maximum Gasteiger partial charge on any atom is 0.365 e. The van der Waals surface area contributed by atoms with Crippen molar-refractivity contribution in [3.63, 3.8) is 0 Å². The van der Waals surface area contributed by atoms with E-state index in [-0.39, 0.29) is 0 Å². The van der Waals surface area contributed by atoms with Gasteiger partial charge in [-0.3, -0.25) is 0 Å². The smallest absolute Gasteiger partial charge is 0.312 e. The quantitative estimate of drug-likeness (QED) is 0.384. The highest BCUT2D eigenvalue weighted by Crippen LogP contribution is 2.13. The molecule has 0 saturated carbocycles. The predicted octanol–water partition coefficient (Wildman–Crippen LogP) is 4.95. The molecule has 0 radical (unpaired) electrons. The van der Waals surface area contributed by atoms with E-state index in [0.29, 0.717) is 16.3 Å². The Labute approximate surface area is 145 Å². The van der Waals surface area contributed by atoms with Crippen LogP contribution in [0.3, 0.4) is 0 Å². The van der Waals surface area contributed by atoms with E-state index in [1.807, 2.05) is 60.7 Å². The lowest BCUT2D eigenvalue weighted by atomic mass is 10.0. The molecule has 3 nitrogen and oxygen atoms in total. The monoisotopic (exact) mass is 335 g/mol. The van der Waals surface area contributed by atoms with Gasteiger partial charge in [0.1, 0.15) is 5.71 Å². The van der Waals surface area contributed by atoms with Gasteiger partial charge in [-0.25, -0.2) is 4.79 Å². The molecule has 0 amide bonds. The lowest BCUT2D eigenvalue weighted by Gasteiger charge is -2.06. The highest BCUT2D eigenvalue weighted by molar-refractivity contribution is 6.30. The van der Waals surface area contributed by atoms with Crippen molar-refractivity contribution in [3.05, 3.63) is 107 Å². The minimum atomic E-state index is -0.531. The predicted molar refractivity (Wildman–Crippen MR) is 95.4 cm³/mol. The first kappa shape index (κ1) is 16.0. The summed E-state index contributed by atoms with van der Waals surface area (Å²) in [6.07, 6.45) is 0. The Morgan fingerprint density at radius 3 is 1.71 bits per heavy atom. The van der Waals surface area contributed by atoms with Crippen LogP contribution in [0.2, 0.25) is 5.02 Å². The Morgan fingerprint density at radius 2 is 1.21 bits per heavy atom. The molecule has 4 heteroatoms. The largest absolute Gasteiger partial charge is 0.365 e. The number of oxime groups is 1. The van der Waals surface area contributed by atoms with Crippen molar-refractivity contribution < 1.29 is 9.63 Å². The van der Waals surface area contributed by atoms with Crippen LogP contribution in [0, 0.1) is 0 Å². The third-order valence-corrected chi connectivity index (χ3v) is 3.65. The van der Waals surface area contributed by atoms with E-state index in [2.05, 4.69) is 5.16 Å². The zero-order valence-electron chi connectivity index (χ0n) is 12.7. The van der Waals surface area contributed by atoms with Crippen molar-refractivity contribution in [3.8, 4) is 0 Å². The number of benzene rings is 3. The molecule has 0 N–H and O–H groups in total. The first-order chi connectivity index (χ1) is 11.7. The Bertz CT molecular complexity index is 802. The van der Waals surface area contributed by atoms with E-state index in [1.54, 1.807) is 24.3 Å². The molecule has 0 unspecified atom stereocenters. The third-order valence-electron chi connectivity index (χ3n) is 3.39. The van der Waals surface area contributed by atoms with Crippen LogP contribution in [0.15, 0.2) is 90.1 Å². The average Bonchev–Trinajstić information content (AvgIpc) is 2.64. The maximum atomic E-state index is 12.2. The van der Waals surface area contributed by atoms with Crippen LogP contribution >= 0.6 is 11.6 Å². The van der Waals surface area contributed by atoms with Crippen molar-refractivity contribution in [1.29, 1.82) is 0 Å². The average molecular weight is 336 g/mol. The summed E-state index contributed by atoms with van der Waals surface area (Å²) < 4.78 is 0. The molecule has 0 saturated heterocycles. The molecular weight excluding hydrogens is 322 g/mol. The SMILES string of the molecule is O=C(ON=C(c1ccccc1)c1ccccc1)c1ccc(Cl)cc1. The standard InChI is InChI=1S/C20H14ClNO2/c21-18-13-11-17(12-14-18)20(23)24-22-19(15-7-3-1-4-8-15)16-9-5-2-6-10-16/h1-14H. The summed E-state index contributed by atoms with van der Waals surface area (Å²) in [6, 6.07) is 25.6. The zero-order chi connectivity index (χ0) is 16.8. The Kier molecular flexibility index (Phi) is 5.04.